The number of unbranched alkanes of at least 4 members (excludes halogenated alkanes) is 3. The second-order valence-corrected chi connectivity index (χ2v) is 5.59. The van der Waals surface area contributed by atoms with Crippen molar-refractivity contribution in [1.82, 2.24) is 5.32 Å². The van der Waals surface area contributed by atoms with E-state index in [1.54, 1.807) is 6.92 Å². The fourth-order valence-electron chi connectivity index (χ4n) is 1.92. The van der Waals surface area contributed by atoms with E-state index in [9.17, 15) is 14.0 Å². The highest BCUT2D eigenvalue weighted by Crippen LogP contribution is 2.25. The number of nitrogens with one attached hydrogen (secondary N) is 1. The summed E-state index contributed by atoms with van der Waals surface area (Å²) >= 11 is 5.84. The Morgan fingerprint density at radius 3 is 2.65 bits per heavy atom. The fourth-order valence-corrected chi connectivity index (χ4v) is 2.14. The third-order valence-corrected chi connectivity index (χ3v) is 3.48. The summed E-state index contributed by atoms with van der Waals surface area (Å²) in [5.74, 6) is -1.29. The maximum atomic E-state index is 12.9. The topological polar surface area (TPSA) is 75.6 Å². The lowest BCUT2D eigenvalue weighted by Crippen LogP contribution is -2.36. The lowest BCUT2D eigenvalue weighted by molar-refractivity contribution is -0.137. The van der Waals surface area contributed by atoms with Gasteiger partial charge in [0.15, 0.2) is 6.10 Å². The molecule has 0 aliphatic rings. The van der Waals surface area contributed by atoms with Gasteiger partial charge in [-0.05, 0) is 38.0 Å². The molecule has 0 fully saturated rings. The number of amides is 1. The number of benzene rings is 1. The summed E-state index contributed by atoms with van der Waals surface area (Å²) in [6.45, 7) is 2.08. The van der Waals surface area contributed by atoms with Gasteiger partial charge < -0.3 is 15.2 Å². The Kier molecular flexibility index (Phi) is 8.40. The largest absolute Gasteiger partial charge is 0.481 e. The van der Waals surface area contributed by atoms with Crippen LogP contribution in [-0.4, -0.2) is 29.6 Å². The van der Waals surface area contributed by atoms with Crippen molar-refractivity contribution < 1.29 is 23.8 Å². The van der Waals surface area contributed by atoms with E-state index >= 15 is 0 Å². The molecule has 1 aromatic carbocycles. The standard InChI is InChI=1S/C16H21ClFNO4/c1-11(23-14-8-7-12(18)10-13(14)17)16(22)19-9-5-3-2-4-6-15(20)21/h7-8,10-11H,2-6,9H2,1H3,(H,19,22)(H,20,21). The van der Waals surface area contributed by atoms with Gasteiger partial charge in [-0.25, -0.2) is 4.39 Å². The molecule has 1 unspecified atom stereocenters. The summed E-state index contributed by atoms with van der Waals surface area (Å²) in [6.07, 6.45) is 2.52. The van der Waals surface area contributed by atoms with Crippen LogP contribution in [0.15, 0.2) is 18.2 Å². The number of rotatable bonds is 10. The van der Waals surface area contributed by atoms with Crippen molar-refractivity contribution in [3.05, 3.63) is 29.0 Å². The first-order valence-electron chi connectivity index (χ1n) is 7.51. The zero-order valence-corrected chi connectivity index (χ0v) is 13.7. The van der Waals surface area contributed by atoms with Crippen LogP contribution < -0.4 is 10.1 Å². The van der Waals surface area contributed by atoms with Crippen LogP contribution in [-0.2, 0) is 9.59 Å². The molecule has 128 valence electrons. The molecule has 0 bridgehead atoms. The first kappa shape index (κ1) is 19.2. The van der Waals surface area contributed by atoms with Crippen LogP contribution in [0.1, 0.15) is 39.0 Å². The van der Waals surface area contributed by atoms with Gasteiger partial charge in [0.05, 0.1) is 5.02 Å². The minimum absolute atomic E-state index is 0.114. The van der Waals surface area contributed by atoms with E-state index < -0.39 is 17.9 Å². The molecule has 0 heterocycles. The van der Waals surface area contributed by atoms with E-state index in [0.717, 1.165) is 25.3 Å². The second-order valence-electron chi connectivity index (χ2n) is 5.18. The Balaban J connectivity index is 2.22. The molecule has 0 aromatic heterocycles. The maximum Gasteiger partial charge on any atom is 0.303 e. The van der Waals surface area contributed by atoms with Crippen LogP contribution in [0.3, 0.4) is 0 Å². The van der Waals surface area contributed by atoms with Crippen molar-refractivity contribution in [2.45, 2.75) is 45.1 Å². The first-order valence-corrected chi connectivity index (χ1v) is 7.89. The molecule has 0 spiro atoms. The van der Waals surface area contributed by atoms with Crippen molar-refractivity contribution >= 4 is 23.5 Å². The summed E-state index contributed by atoms with van der Waals surface area (Å²) in [4.78, 5) is 22.2. The van der Waals surface area contributed by atoms with E-state index in [1.165, 1.54) is 12.1 Å². The Labute approximate surface area is 139 Å². The highest BCUT2D eigenvalue weighted by molar-refractivity contribution is 6.32. The molecule has 1 atom stereocenters. The smallest absolute Gasteiger partial charge is 0.303 e. The normalized spacial score (nSPS) is 11.8. The third kappa shape index (κ3) is 7.83. The molecule has 0 aliphatic heterocycles. The summed E-state index contributed by atoms with van der Waals surface area (Å²) < 4.78 is 18.3. The number of aliphatic carboxylic acids is 1. The summed E-state index contributed by atoms with van der Waals surface area (Å²) in [6, 6.07) is 3.71. The van der Waals surface area contributed by atoms with Gasteiger partial charge in [-0.1, -0.05) is 24.4 Å². The highest BCUT2D eigenvalue weighted by atomic mass is 35.5. The van der Waals surface area contributed by atoms with E-state index in [1.807, 2.05) is 0 Å². The number of hydrogen-bond acceptors (Lipinski definition) is 3. The lowest BCUT2D eigenvalue weighted by atomic mass is 10.1. The number of carboxylic acids is 1. The highest BCUT2D eigenvalue weighted by Gasteiger charge is 2.15. The Hall–Kier alpha value is -1.82. The number of carbonyl (C=O) groups is 2. The quantitative estimate of drug-likeness (QED) is 0.637. The minimum atomic E-state index is -0.788. The van der Waals surface area contributed by atoms with Crippen LogP contribution in [0, 0.1) is 5.82 Å². The van der Waals surface area contributed by atoms with E-state index in [-0.39, 0.29) is 23.1 Å². The second kappa shape index (κ2) is 10.0. The Bertz CT molecular complexity index is 539. The molecule has 7 heteroatoms. The molecule has 5 nitrogen and oxygen atoms in total. The SMILES string of the molecule is CC(Oc1ccc(F)cc1Cl)C(=O)NCCCCCCC(=O)O. The summed E-state index contributed by atoms with van der Waals surface area (Å²) in [7, 11) is 0. The predicted molar refractivity (Wildman–Crippen MR) is 85.2 cm³/mol. The molecule has 0 radical (unpaired) electrons. The van der Waals surface area contributed by atoms with Gasteiger partial charge >= 0.3 is 5.97 Å². The number of carbonyl (C=O) groups excluding carboxylic acids is 1. The van der Waals surface area contributed by atoms with Crippen LogP contribution in [0.4, 0.5) is 4.39 Å². The van der Waals surface area contributed by atoms with Crippen molar-refractivity contribution in [2.75, 3.05) is 6.54 Å². The number of ether oxygens (including phenoxy) is 1. The molecular weight excluding hydrogens is 325 g/mol. The molecule has 1 amide bonds. The van der Waals surface area contributed by atoms with E-state index in [4.69, 9.17) is 21.4 Å². The van der Waals surface area contributed by atoms with Crippen molar-refractivity contribution in [3.63, 3.8) is 0 Å². The van der Waals surface area contributed by atoms with Crippen LogP contribution in [0.2, 0.25) is 5.02 Å². The average molecular weight is 346 g/mol. The Morgan fingerprint density at radius 1 is 1.30 bits per heavy atom. The minimum Gasteiger partial charge on any atom is -0.481 e. The van der Waals surface area contributed by atoms with Crippen molar-refractivity contribution in [3.8, 4) is 5.75 Å². The average Bonchev–Trinajstić information content (AvgIpc) is 2.48. The molecule has 23 heavy (non-hydrogen) atoms. The molecular formula is C16H21ClFNO4. The number of hydrogen-bond donors (Lipinski definition) is 2. The van der Waals surface area contributed by atoms with Crippen LogP contribution >= 0.6 is 11.6 Å². The van der Waals surface area contributed by atoms with Gasteiger partial charge in [-0.3, -0.25) is 9.59 Å². The molecule has 1 aromatic rings. The van der Waals surface area contributed by atoms with Gasteiger partial charge in [0, 0.05) is 13.0 Å². The predicted octanol–water partition coefficient (Wildman–Crippen LogP) is 3.40. The van der Waals surface area contributed by atoms with E-state index in [2.05, 4.69) is 5.32 Å². The van der Waals surface area contributed by atoms with Crippen molar-refractivity contribution in [2.24, 2.45) is 0 Å². The number of halogens is 2. The zero-order valence-electron chi connectivity index (χ0n) is 13.0. The van der Waals surface area contributed by atoms with Gasteiger partial charge in [0.25, 0.3) is 5.91 Å². The molecule has 2 N–H and O–H groups in total. The zero-order chi connectivity index (χ0) is 17.2. The summed E-state index contributed by atoms with van der Waals surface area (Å²) in [5, 5.41) is 11.4. The van der Waals surface area contributed by atoms with Gasteiger partial charge in [0.2, 0.25) is 0 Å². The van der Waals surface area contributed by atoms with Gasteiger partial charge in [-0.2, -0.15) is 0 Å². The van der Waals surface area contributed by atoms with Crippen molar-refractivity contribution in [1.29, 1.82) is 0 Å². The summed E-state index contributed by atoms with van der Waals surface area (Å²) in [5.41, 5.74) is 0. The first-order chi connectivity index (χ1) is 10.9. The van der Waals surface area contributed by atoms with Crippen LogP contribution in [0.5, 0.6) is 5.75 Å². The number of carboxylic acid groups (broad SMARTS) is 1. The van der Waals surface area contributed by atoms with Gasteiger partial charge in [0.1, 0.15) is 11.6 Å². The van der Waals surface area contributed by atoms with Crippen LogP contribution in [0.25, 0.3) is 0 Å². The Morgan fingerprint density at radius 2 is 2.00 bits per heavy atom. The molecule has 0 aliphatic carbocycles. The third-order valence-electron chi connectivity index (χ3n) is 3.18. The maximum absolute atomic E-state index is 12.9. The lowest BCUT2D eigenvalue weighted by Gasteiger charge is -2.15. The molecule has 0 saturated heterocycles. The molecule has 1 rings (SSSR count). The molecule has 0 saturated carbocycles. The fraction of sp³-hybridized carbons (Fsp3) is 0.500. The van der Waals surface area contributed by atoms with Gasteiger partial charge in [-0.15, -0.1) is 0 Å². The van der Waals surface area contributed by atoms with E-state index in [0.29, 0.717) is 13.0 Å². The monoisotopic (exact) mass is 345 g/mol.